The Morgan fingerprint density at radius 3 is 2.38 bits per heavy atom. The Balaban J connectivity index is 3.07. The highest BCUT2D eigenvalue weighted by atomic mass is 28.4. The molecule has 1 aliphatic rings. The van der Waals surface area contributed by atoms with E-state index in [0.717, 1.165) is 31.4 Å². The standard InChI is InChI=1S/C22H44O3Si/c1-10-11-14-17(2)20(23-7)21(25-26(8,9)22(4,5)6)18(3)19-15-12-13-16-24-19/h17,19-21H,3,10-16H2,1-2,4-9H3/t17-,19-,20-,21+/m0/s1. The zero-order valence-electron chi connectivity index (χ0n) is 18.7. The summed E-state index contributed by atoms with van der Waals surface area (Å²) in [5, 5.41) is 0.157. The molecule has 1 saturated heterocycles. The molecule has 0 N–H and O–H groups in total. The molecule has 0 radical (unpaired) electrons. The van der Waals surface area contributed by atoms with Crippen molar-refractivity contribution in [1.29, 1.82) is 0 Å². The number of methoxy groups -OCH3 is 1. The molecule has 0 aromatic heterocycles. The van der Waals surface area contributed by atoms with Crippen LogP contribution in [0.2, 0.25) is 18.1 Å². The molecule has 1 aliphatic heterocycles. The molecule has 154 valence electrons. The highest BCUT2D eigenvalue weighted by molar-refractivity contribution is 6.74. The average Bonchev–Trinajstić information content (AvgIpc) is 2.58. The molecule has 0 saturated carbocycles. The lowest BCUT2D eigenvalue weighted by Crippen LogP contribution is -2.51. The number of hydrogen-bond donors (Lipinski definition) is 0. The summed E-state index contributed by atoms with van der Waals surface area (Å²) in [7, 11) is -0.123. The Bertz CT molecular complexity index is 422. The molecule has 1 heterocycles. The van der Waals surface area contributed by atoms with Gasteiger partial charge in [-0.1, -0.05) is 54.0 Å². The molecule has 0 spiro atoms. The topological polar surface area (TPSA) is 27.7 Å². The zero-order chi connectivity index (χ0) is 20.0. The Morgan fingerprint density at radius 1 is 1.27 bits per heavy atom. The minimum atomic E-state index is -1.95. The van der Waals surface area contributed by atoms with E-state index in [9.17, 15) is 0 Å². The molecular formula is C22H44O3Si. The molecule has 0 aromatic rings. The van der Waals surface area contributed by atoms with Gasteiger partial charge in [-0.25, -0.2) is 0 Å². The molecule has 4 atom stereocenters. The maximum absolute atomic E-state index is 6.91. The fourth-order valence-electron chi connectivity index (χ4n) is 3.41. The van der Waals surface area contributed by atoms with E-state index < -0.39 is 8.32 Å². The minimum absolute atomic E-state index is 0.0358. The van der Waals surface area contributed by atoms with Crippen LogP contribution in [0.3, 0.4) is 0 Å². The molecule has 0 aromatic carbocycles. The van der Waals surface area contributed by atoms with Gasteiger partial charge in [0.05, 0.1) is 18.3 Å². The van der Waals surface area contributed by atoms with Crippen molar-refractivity contribution in [3.05, 3.63) is 12.2 Å². The van der Waals surface area contributed by atoms with Gasteiger partial charge in [0, 0.05) is 13.7 Å². The van der Waals surface area contributed by atoms with Crippen LogP contribution in [0.15, 0.2) is 12.2 Å². The Labute approximate surface area is 164 Å². The lowest BCUT2D eigenvalue weighted by Gasteiger charge is -2.44. The predicted octanol–water partition coefficient (Wildman–Crippen LogP) is 6.34. The van der Waals surface area contributed by atoms with Crippen molar-refractivity contribution >= 4 is 8.32 Å². The van der Waals surface area contributed by atoms with Gasteiger partial charge in [-0.05, 0) is 55.3 Å². The van der Waals surface area contributed by atoms with Gasteiger partial charge in [0.1, 0.15) is 0 Å². The van der Waals surface area contributed by atoms with Crippen molar-refractivity contribution in [3.63, 3.8) is 0 Å². The van der Waals surface area contributed by atoms with Crippen LogP contribution in [-0.2, 0) is 13.9 Å². The van der Waals surface area contributed by atoms with E-state index in [4.69, 9.17) is 13.9 Å². The van der Waals surface area contributed by atoms with Crippen LogP contribution in [0.1, 0.15) is 73.1 Å². The summed E-state index contributed by atoms with van der Waals surface area (Å²) in [5.41, 5.74) is 1.09. The van der Waals surface area contributed by atoms with Gasteiger partial charge in [0.2, 0.25) is 0 Å². The average molecular weight is 385 g/mol. The third-order valence-electron chi connectivity index (χ3n) is 6.33. The Hall–Kier alpha value is -0.163. The van der Waals surface area contributed by atoms with E-state index in [1.807, 2.05) is 7.11 Å². The quantitative estimate of drug-likeness (QED) is 0.325. The lowest BCUT2D eigenvalue weighted by molar-refractivity contribution is -0.0413. The van der Waals surface area contributed by atoms with E-state index in [1.165, 1.54) is 19.3 Å². The molecular weight excluding hydrogens is 340 g/mol. The molecule has 4 heteroatoms. The summed E-state index contributed by atoms with van der Waals surface area (Å²) < 4.78 is 19.0. The van der Waals surface area contributed by atoms with Gasteiger partial charge < -0.3 is 13.9 Å². The van der Waals surface area contributed by atoms with Crippen molar-refractivity contribution in [3.8, 4) is 0 Å². The van der Waals surface area contributed by atoms with Gasteiger partial charge in [0.25, 0.3) is 0 Å². The van der Waals surface area contributed by atoms with Crippen molar-refractivity contribution in [2.24, 2.45) is 5.92 Å². The molecule has 3 nitrogen and oxygen atoms in total. The fraction of sp³-hybridized carbons (Fsp3) is 0.909. The smallest absolute Gasteiger partial charge is 0.193 e. The highest BCUT2D eigenvalue weighted by Crippen LogP contribution is 2.40. The maximum Gasteiger partial charge on any atom is 0.193 e. The summed E-state index contributed by atoms with van der Waals surface area (Å²) in [6.45, 7) is 21.3. The first kappa shape index (κ1) is 23.9. The van der Waals surface area contributed by atoms with Crippen LogP contribution in [0.25, 0.3) is 0 Å². The zero-order valence-corrected chi connectivity index (χ0v) is 19.7. The second-order valence-corrected chi connectivity index (χ2v) is 14.3. The summed E-state index contributed by atoms with van der Waals surface area (Å²) >= 11 is 0. The van der Waals surface area contributed by atoms with Crippen molar-refractivity contribution < 1.29 is 13.9 Å². The first-order chi connectivity index (χ1) is 12.0. The third-order valence-corrected chi connectivity index (χ3v) is 10.8. The maximum atomic E-state index is 6.91. The van der Waals surface area contributed by atoms with Gasteiger partial charge in [-0.3, -0.25) is 0 Å². The Morgan fingerprint density at radius 2 is 1.92 bits per heavy atom. The summed E-state index contributed by atoms with van der Waals surface area (Å²) in [6.07, 6.45) is 7.05. The van der Waals surface area contributed by atoms with E-state index >= 15 is 0 Å². The number of unbranched alkanes of at least 4 members (excludes halogenated alkanes) is 1. The second kappa shape index (κ2) is 10.4. The van der Waals surface area contributed by atoms with Gasteiger partial charge in [-0.15, -0.1) is 0 Å². The van der Waals surface area contributed by atoms with Crippen molar-refractivity contribution in [2.45, 2.75) is 110 Å². The molecule has 26 heavy (non-hydrogen) atoms. The number of ether oxygens (including phenoxy) is 2. The first-order valence-electron chi connectivity index (χ1n) is 10.6. The predicted molar refractivity (Wildman–Crippen MR) is 114 cm³/mol. The van der Waals surface area contributed by atoms with E-state index in [-0.39, 0.29) is 23.4 Å². The Kier molecular flexibility index (Phi) is 9.55. The summed E-state index contributed by atoms with van der Waals surface area (Å²) in [5.74, 6) is 0.440. The highest BCUT2D eigenvalue weighted by Gasteiger charge is 2.43. The SMILES string of the molecule is C=C([C@@H]1CCCCO1)[C@@H](O[Si](C)(C)C(C)(C)C)[C@@H](OC)[C@@H](C)CCCC. The fourth-order valence-corrected chi connectivity index (χ4v) is 4.68. The molecule has 0 amide bonds. The van der Waals surface area contributed by atoms with Crippen LogP contribution in [0.4, 0.5) is 0 Å². The summed E-state index contributed by atoms with van der Waals surface area (Å²) in [6, 6.07) is 0. The number of rotatable bonds is 10. The summed E-state index contributed by atoms with van der Waals surface area (Å²) in [4.78, 5) is 0. The van der Waals surface area contributed by atoms with Crippen LogP contribution >= 0.6 is 0 Å². The van der Waals surface area contributed by atoms with Gasteiger partial charge in [0.15, 0.2) is 8.32 Å². The van der Waals surface area contributed by atoms with Crippen molar-refractivity contribution in [2.75, 3.05) is 13.7 Å². The minimum Gasteiger partial charge on any atom is -0.408 e. The largest absolute Gasteiger partial charge is 0.408 e. The van der Waals surface area contributed by atoms with Crippen molar-refractivity contribution in [1.82, 2.24) is 0 Å². The lowest BCUT2D eigenvalue weighted by atomic mass is 9.88. The monoisotopic (exact) mass is 384 g/mol. The van der Waals surface area contributed by atoms with Crippen LogP contribution in [0, 0.1) is 5.92 Å². The van der Waals surface area contributed by atoms with Crippen LogP contribution < -0.4 is 0 Å². The third kappa shape index (κ3) is 6.47. The normalized spacial score (nSPS) is 22.7. The van der Waals surface area contributed by atoms with Gasteiger partial charge >= 0.3 is 0 Å². The second-order valence-electron chi connectivity index (χ2n) is 9.55. The first-order valence-corrected chi connectivity index (χ1v) is 13.5. The van der Waals surface area contributed by atoms with E-state index in [0.29, 0.717) is 5.92 Å². The van der Waals surface area contributed by atoms with Crippen LogP contribution in [0.5, 0.6) is 0 Å². The molecule has 0 bridgehead atoms. The van der Waals surface area contributed by atoms with Crippen LogP contribution in [-0.4, -0.2) is 40.3 Å². The number of hydrogen-bond acceptors (Lipinski definition) is 3. The molecule has 1 fully saturated rings. The molecule has 0 aliphatic carbocycles. The van der Waals surface area contributed by atoms with Gasteiger partial charge in [-0.2, -0.15) is 0 Å². The molecule has 0 unspecified atom stereocenters. The van der Waals surface area contributed by atoms with E-state index in [2.05, 4.69) is 54.3 Å². The van der Waals surface area contributed by atoms with E-state index in [1.54, 1.807) is 0 Å². The molecule has 1 rings (SSSR count).